The van der Waals surface area contributed by atoms with Crippen molar-refractivity contribution in [2.75, 3.05) is 26.2 Å². The Bertz CT molecular complexity index is 917. The molecule has 4 rings (SSSR count). The van der Waals surface area contributed by atoms with Crippen molar-refractivity contribution in [3.8, 4) is 5.75 Å². The summed E-state index contributed by atoms with van der Waals surface area (Å²) in [6, 6.07) is 16.5. The number of esters is 1. The zero-order valence-electron chi connectivity index (χ0n) is 17.9. The first-order valence-corrected chi connectivity index (χ1v) is 10.8. The van der Waals surface area contributed by atoms with Crippen molar-refractivity contribution >= 4 is 11.9 Å². The number of rotatable bonds is 4. The zero-order valence-corrected chi connectivity index (χ0v) is 17.9. The molecule has 1 fully saturated rings. The quantitative estimate of drug-likeness (QED) is 0.576. The number of hydrogen-bond donors (Lipinski definition) is 0. The first kappa shape index (κ1) is 20.6. The van der Waals surface area contributed by atoms with Gasteiger partial charge < -0.3 is 14.5 Å². The molecule has 1 spiro atoms. The minimum Gasteiger partial charge on any atom is -0.427 e. The standard InChI is InChI=1S/C25H30N2O3/c1-19(28)27-15-11-22-18-23(30-20(2)29)8-9-24(22)25(27)12-16-26(17-13-25)14-10-21-6-4-3-5-7-21/h3-9,18H,10-17H2,1-2H3. The Morgan fingerprint density at radius 3 is 2.40 bits per heavy atom. The number of piperidine rings is 1. The third-order valence-corrected chi connectivity index (χ3v) is 6.58. The van der Waals surface area contributed by atoms with Gasteiger partial charge in [0.1, 0.15) is 5.75 Å². The van der Waals surface area contributed by atoms with Gasteiger partial charge in [-0.15, -0.1) is 0 Å². The molecule has 0 radical (unpaired) electrons. The monoisotopic (exact) mass is 406 g/mol. The highest BCUT2D eigenvalue weighted by Gasteiger charge is 2.45. The van der Waals surface area contributed by atoms with Gasteiger partial charge in [-0.25, -0.2) is 0 Å². The summed E-state index contributed by atoms with van der Waals surface area (Å²) in [5.41, 5.74) is 3.54. The van der Waals surface area contributed by atoms with Crippen LogP contribution in [0.25, 0.3) is 0 Å². The highest BCUT2D eigenvalue weighted by atomic mass is 16.5. The first-order valence-electron chi connectivity index (χ1n) is 10.8. The van der Waals surface area contributed by atoms with Crippen LogP contribution in [0.5, 0.6) is 5.75 Å². The largest absolute Gasteiger partial charge is 0.427 e. The van der Waals surface area contributed by atoms with E-state index >= 15 is 0 Å². The highest BCUT2D eigenvalue weighted by Crippen LogP contribution is 2.44. The molecule has 1 amide bonds. The third kappa shape index (κ3) is 4.12. The van der Waals surface area contributed by atoms with Crippen molar-refractivity contribution in [2.45, 2.75) is 45.1 Å². The predicted octanol–water partition coefficient (Wildman–Crippen LogP) is 3.55. The van der Waals surface area contributed by atoms with Crippen LogP contribution >= 0.6 is 0 Å². The molecule has 2 heterocycles. The van der Waals surface area contributed by atoms with Gasteiger partial charge in [-0.2, -0.15) is 0 Å². The van der Waals surface area contributed by atoms with Crippen LogP contribution in [0, 0.1) is 0 Å². The molecule has 0 saturated carbocycles. The SMILES string of the molecule is CC(=O)Oc1ccc2c(c1)CCN(C(C)=O)C21CCN(CCc2ccccc2)CC1. The van der Waals surface area contributed by atoms with Gasteiger partial charge in [-0.3, -0.25) is 9.59 Å². The number of hydrogen-bond acceptors (Lipinski definition) is 4. The van der Waals surface area contributed by atoms with E-state index in [2.05, 4.69) is 46.2 Å². The summed E-state index contributed by atoms with van der Waals surface area (Å²) >= 11 is 0. The number of likely N-dealkylation sites (tertiary alicyclic amines) is 1. The van der Waals surface area contributed by atoms with Gasteiger partial charge in [0.2, 0.25) is 5.91 Å². The molecule has 0 N–H and O–H groups in total. The number of ether oxygens (including phenoxy) is 1. The Labute approximate surface area is 178 Å². The number of fused-ring (bicyclic) bond motifs is 2. The fourth-order valence-corrected chi connectivity index (χ4v) is 5.13. The summed E-state index contributed by atoms with van der Waals surface area (Å²) in [5, 5.41) is 0. The Hall–Kier alpha value is -2.66. The average molecular weight is 407 g/mol. The molecule has 1 saturated heterocycles. The van der Waals surface area contributed by atoms with E-state index in [9.17, 15) is 9.59 Å². The van der Waals surface area contributed by atoms with E-state index in [4.69, 9.17) is 4.74 Å². The molecular formula is C25H30N2O3. The number of carbonyl (C=O) groups is 2. The molecule has 5 heteroatoms. The summed E-state index contributed by atoms with van der Waals surface area (Å²) in [4.78, 5) is 28.5. The van der Waals surface area contributed by atoms with Crippen molar-refractivity contribution < 1.29 is 14.3 Å². The van der Waals surface area contributed by atoms with E-state index in [1.165, 1.54) is 23.6 Å². The van der Waals surface area contributed by atoms with E-state index in [1.807, 2.05) is 12.1 Å². The fraction of sp³-hybridized carbons (Fsp3) is 0.440. The fourth-order valence-electron chi connectivity index (χ4n) is 5.13. The minimum atomic E-state index is -0.308. The van der Waals surface area contributed by atoms with Crippen molar-refractivity contribution in [1.82, 2.24) is 9.80 Å². The molecule has 0 unspecified atom stereocenters. The van der Waals surface area contributed by atoms with Gasteiger partial charge >= 0.3 is 5.97 Å². The maximum Gasteiger partial charge on any atom is 0.308 e. The van der Waals surface area contributed by atoms with Crippen molar-refractivity contribution in [2.24, 2.45) is 0 Å². The lowest BCUT2D eigenvalue weighted by molar-refractivity contribution is -0.139. The second kappa shape index (κ2) is 8.60. The molecule has 2 aliphatic rings. The number of carbonyl (C=O) groups excluding carboxylic acids is 2. The van der Waals surface area contributed by atoms with Gasteiger partial charge in [0.15, 0.2) is 0 Å². The normalized spacial score (nSPS) is 18.1. The predicted molar refractivity (Wildman–Crippen MR) is 116 cm³/mol. The molecule has 2 aliphatic heterocycles. The maximum absolute atomic E-state index is 12.5. The highest BCUT2D eigenvalue weighted by molar-refractivity contribution is 5.75. The van der Waals surface area contributed by atoms with Gasteiger partial charge in [0.05, 0.1) is 5.54 Å². The van der Waals surface area contributed by atoms with Crippen molar-refractivity contribution in [3.05, 3.63) is 65.2 Å². The van der Waals surface area contributed by atoms with Gasteiger partial charge in [-0.1, -0.05) is 36.4 Å². The van der Waals surface area contributed by atoms with Crippen molar-refractivity contribution in [1.29, 1.82) is 0 Å². The summed E-state index contributed by atoms with van der Waals surface area (Å²) < 4.78 is 5.29. The summed E-state index contributed by atoms with van der Waals surface area (Å²) in [6.07, 6.45) is 3.71. The van der Waals surface area contributed by atoms with Crippen LogP contribution < -0.4 is 4.74 Å². The Kier molecular flexibility index (Phi) is 5.91. The second-order valence-electron chi connectivity index (χ2n) is 8.44. The van der Waals surface area contributed by atoms with Crippen LogP contribution in [-0.4, -0.2) is 47.9 Å². The number of amides is 1. The van der Waals surface area contributed by atoms with Crippen LogP contribution in [0.4, 0.5) is 0 Å². The van der Waals surface area contributed by atoms with Crippen LogP contribution in [0.2, 0.25) is 0 Å². The molecule has 0 bridgehead atoms. The van der Waals surface area contributed by atoms with E-state index in [0.717, 1.165) is 51.9 Å². The zero-order chi connectivity index (χ0) is 21.1. The molecule has 0 aliphatic carbocycles. The Balaban J connectivity index is 1.52. The van der Waals surface area contributed by atoms with E-state index in [0.29, 0.717) is 5.75 Å². The summed E-state index contributed by atoms with van der Waals surface area (Å²) in [5.74, 6) is 0.424. The lowest BCUT2D eigenvalue weighted by atomic mass is 9.74. The third-order valence-electron chi connectivity index (χ3n) is 6.58. The molecule has 2 aromatic rings. The van der Waals surface area contributed by atoms with Gasteiger partial charge in [0, 0.05) is 40.0 Å². The molecule has 5 nitrogen and oxygen atoms in total. The smallest absolute Gasteiger partial charge is 0.308 e. The minimum absolute atomic E-state index is 0.141. The van der Waals surface area contributed by atoms with Gasteiger partial charge in [0.25, 0.3) is 0 Å². The van der Waals surface area contributed by atoms with E-state index < -0.39 is 0 Å². The molecule has 158 valence electrons. The Morgan fingerprint density at radius 1 is 1.00 bits per heavy atom. The number of benzene rings is 2. The van der Waals surface area contributed by atoms with E-state index in [-0.39, 0.29) is 17.4 Å². The first-order chi connectivity index (χ1) is 14.5. The Morgan fingerprint density at radius 2 is 1.73 bits per heavy atom. The van der Waals surface area contributed by atoms with Crippen LogP contribution in [0.1, 0.15) is 43.4 Å². The van der Waals surface area contributed by atoms with E-state index in [1.54, 1.807) is 6.92 Å². The lowest BCUT2D eigenvalue weighted by Gasteiger charge is -2.52. The molecule has 0 atom stereocenters. The topological polar surface area (TPSA) is 49.9 Å². The van der Waals surface area contributed by atoms with Crippen LogP contribution in [-0.2, 0) is 28.0 Å². The second-order valence-corrected chi connectivity index (χ2v) is 8.44. The van der Waals surface area contributed by atoms with Gasteiger partial charge in [-0.05, 0) is 54.5 Å². The average Bonchev–Trinajstić information content (AvgIpc) is 2.73. The molecule has 30 heavy (non-hydrogen) atoms. The molecular weight excluding hydrogens is 376 g/mol. The summed E-state index contributed by atoms with van der Waals surface area (Å²) in [7, 11) is 0. The molecule has 0 aromatic heterocycles. The van der Waals surface area contributed by atoms with Crippen molar-refractivity contribution in [3.63, 3.8) is 0 Å². The maximum atomic E-state index is 12.5. The van der Waals surface area contributed by atoms with Crippen LogP contribution in [0.3, 0.4) is 0 Å². The summed E-state index contributed by atoms with van der Waals surface area (Å²) in [6.45, 7) is 6.81. The lowest BCUT2D eigenvalue weighted by Crippen LogP contribution is -2.57. The number of nitrogens with zero attached hydrogens (tertiary/aromatic N) is 2. The van der Waals surface area contributed by atoms with Crippen LogP contribution in [0.15, 0.2) is 48.5 Å². The molecule has 2 aromatic carbocycles.